The lowest BCUT2D eigenvalue weighted by Gasteiger charge is -2.38. The van der Waals surface area contributed by atoms with Gasteiger partial charge in [-0.2, -0.15) is 0 Å². The SMILES string of the molecule is O=C(c1cccc(S(=O)(=O)NC2C=CCCC2)c1)N1CC2(CCC3(CC3)CC2)c2cc(Br)ccc21. The first kappa shape index (κ1) is 23.4. The van der Waals surface area contributed by atoms with Crippen LogP contribution in [0.25, 0.3) is 0 Å². The summed E-state index contributed by atoms with van der Waals surface area (Å²) in [4.78, 5) is 15.8. The lowest BCUT2D eigenvalue weighted by molar-refractivity contribution is 0.0980. The number of hydrogen-bond acceptors (Lipinski definition) is 3. The monoisotopic (exact) mass is 554 g/mol. The Morgan fingerprint density at radius 3 is 2.51 bits per heavy atom. The van der Waals surface area contributed by atoms with E-state index >= 15 is 0 Å². The smallest absolute Gasteiger partial charge is 0.258 e. The van der Waals surface area contributed by atoms with Gasteiger partial charge in [0.05, 0.1) is 4.90 Å². The molecule has 0 bridgehead atoms. The van der Waals surface area contributed by atoms with Crippen LogP contribution in [0.2, 0.25) is 0 Å². The summed E-state index contributed by atoms with van der Waals surface area (Å²) >= 11 is 3.64. The number of nitrogens with one attached hydrogen (secondary N) is 1. The van der Waals surface area contributed by atoms with Crippen LogP contribution >= 0.6 is 15.9 Å². The molecule has 1 aliphatic heterocycles. The first-order valence-corrected chi connectivity index (χ1v) is 15.0. The van der Waals surface area contributed by atoms with Gasteiger partial charge in [0.15, 0.2) is 0 Å². The van der Waals surface area contributed by atoms with Crippen molar-refractivity contribution < 1.29 is 13.2 Å². The molecule has 2 aromatic rings. The van der Waals surface area contributed by atoms with E-state index in [0.717, 1.165) is 42.3 Å². The van der Waals surface area contributed by atoms with Crippen molar-refractivity contribution in [2.24, 2.45) is 5.41 Å². The molecule has 1 N–H and O–H groups in total. The maximum absolute atomic E-state index is 13.8. The van der Waals surface area contributed by atoms with E-state index < -0.39 is 10.0 Å². The number of anilines is 1. The van der Waals surface area contributed by atoms with Gasteiger partial charge >= 0.3 is 0 Å². The zero-order valence-electron chi connectivity index (χ0n) is 19.8. The molecule has 3 aliphatic carbocycles. The van der Waals surface area contributed by atoms with Gasteiger partial charge in [0.25, 0.3) is 5.91 Å². The number of amides is 1. The Morgan fingerprint density at radius 1 is 1.03 bits per heavy atom. The maximum Gasteiger partial charge on any atom is 0.258 e. The highest BCUT2D eigenvalue weighted by Gasteiger charge is 2.53. The molecular formula is C28H31BrN2O3S. The molecule has 1 heterocycles. The molecule has 2 spiro atoms. The molecule has 4 aliphatic rings. The topological polar surface area (TPSA) is 66.5 Å². The van der Waals surface area contributed by atoms with Crippen LogP contribution in [0.4, 0.5) is 5.69 Å². The summed E-state index contributed by atoms with van der Waals surface area (Å²) in [6.45, 7) is 0.662. The largest absolute Gasteiger partial charge is 0.307 e. The molecule has 1 amide bonds. The zero-order chi connectivity index (χ0) is 24.3. The predicted octanol–water partition coefficient (Wildman–Crippen LogP) is 6.09. The highest BCUT2D eigenvalue weighted by molar-refractivity contribution is 9.10. The van der Waals surface area contributed by atoms with Gasteiger partial charge in [-0.1, -0.05) is 34.1 Å². The van der Waals surface area contributed by atoms with Crippen molar-refractivity contribution in [3.63, 3.8) is 0 Å². The number of carbonyl (C=O) groups is 1. The van der Waals surface area contributed by atoms with Gasteiger partial charge in [0, 0.05) is 33.7 Å². The minimum atomic E-state index is -3.72. The number of hydrogen-bond donors (Lipinski definition) is 1. The molecule has 0 radical (unpaired) electrons. The summed E-state index contributed by atoms with van der Waals surface area (Å²) in [6, 6.07) is 12.5. The van der Waals surface area contributed by atoms with Crippen LogP contribution in [0.15, 0.2) is 64.0 Å². The molecule has 1 unspecified atom stereocenters. The molecule has 2 fully saturated rings. The number of halogens is 1. The third-order valence-electron chi connectivity index (χ3n) is 8.70. The van der Waals surface area contributed by atoms with Crippen LogP contribution in [0.3, 0.4) is 0 Å². The third kappa shape index (κ3) is 4.30. The lowest BCUT2D eigenvalue weighted by Crippen LogP contribution is -2.40. The molecule has 0 saturated heterocycles. The highest BCUT2D eigenvalue weighted by atomic mass is 79.9. The first-order valence-electron chi connectivity index (χ1n) is 12.7. The summed E-state index contributed by atoms with van der Waals surface area (Å²) in [5.41, 5.74) is 3.18. The van der Waals surface area contributed by atoms with Crippen molar-refractivity contribution >= 4 is 37.5 Å². The van der Waals surface area contributed by atoms with Crippen molar-refractivity contribution in [2.45, 2.75) is 74.1 Å². The minimum Gasteiger partial charge on any atom is -0.307 e. The predicted molar refractivity (Wildman–Crippen MR) is 141 cm³/mol. The molecule has 5 nitrogen and oxygen atoms in total. The average molecular weight is 556 g/mol. The normalized spacial score (nSPS) is 24.0. The molecule has 184 valence electrons. The van der Waals surface area contributed by atoms with Gasteiger partial charge in [-0.25, -0.2) is 13.1 Å². The fourth-order valence-corrected chi connectivity index (χ4v) is 7.95. The van der Waals surface area contributed by atoms with Crippen LogP contribution in [0.1, 0.15) is 73.7 Å². The van der Waals surface area contributed by atoms with Gasteiger partial charge in [-0.3, -0.25) is 4.79 Å². The molecule has 35 heavy (non-hydrogen) atoms. The second-order valence-corrected chi connectivity index (χ2v) is 13.6. The summed E-state index contributed by atoms with van der Waals surface area (Å²) in [7, 11) is -3.72. The van der Waals surface area contributed by atoms with Crippen LogP contribution in [0, 0.1) is 5.41 Å². The molecular weight excluding hydrogens is 524 g/mol. The third-order valence-corrected chi connectivity index (χ3v) is 10.7. The van der Waals surface area contributed by atoms with Gasteiger partial charge in [0.1, 0.15) is 0 Å². The Hall–Kier alpha value is -1.96. The van der Waals surface area contributed by atoms with Crippen molar-refractivity contribution in [2.75, 3.05) is 11.4 Å². The Kier molecular flexibility index (Phi) is 5.73. The van der Waals surface area contributed by atoms with E-state index in [9.17, 15) is 13.2 Å². The summed E-state index contributed by atoms with van der Waals surface area (Å²) in [6.07, 6.45) is 14.1. The van der Waals surface area contributed by atoms with Crippen molar-refractivity contribution in [3.05, 3.63) is 70.2 Å². The second kappa shape index (κ2) is 8.56. The molecule has 6 rings (SSSR count). The van der Waals surface area contributed by atoms with Crippen LogP contribution in [0.5, 0.6) is 0 Å². The van der Waals surface area contributed by atoms with E-state index in [1.54, 1.807) is 18.2 Å². The summed E-state index contributed by atoms with van der Waals surface area (Å²) in [5.74, 6) is -0.133. The van der Waals surface area contributed by atoms with Crippen LogP contribution < -0.4 is 9.62 Å². The van der Waals surface area contributed by atoms with E-state index in [4.69, 9.17) is 0 Å². The second-order valence-electron chi connectivity index (χ2n) is 10.9. The van der Waals surface area contributed by atoms with E-state index in [-0.39, 0.29) is 22.3 Å². The Morgan fingerprint density at radius 2 is 1.80 bits per heavy atom. The standard InChI is InChI=1S/C28H31BrN2O3S/c29-21-9-10-25-24(18-21)28(15-13-27(11-12-27)14-16-28)19-31(25)26(32)20-5-4-8-23(17-20)35(33,34)30-22-6-2-1-3-7-22/h2,4-6,8-10,17-18,22,30H,1,3,7,11-16,19H2. The quantitative estimate of drug-likeness (QED) is 0.465. The van der Waals surface area contributed by atoms with Crippen molar-refractivity contribution in [1.29, 1.82) is 0 Å². The van der Waals surface area contributed by atoms with E-state index in [1.165, 1.54) is 37.3 Å². The molecule has 2 aromatic carbocycles. The van der Waals surface area contributed by atoms with Gasteiger partial charge < -0.3 is 4.90 Å². The van der Waals surface area contributed by atoms with E-state index in [0.29, 0.717) is 17.5 Å². The van der Waals surface area contributed by atoms with E-state index in [2.05, 4.69) is 26.7 Å². The lowest BCUT2D eigenvalue weighted by atomic mass is 9.66. The number of sulfonamides is 1. The minimum absolute atomic E-state index is 0.0127. The van der Waals surface area contributed by atoms with Gasteiger partial charge in [-0.15, -0.1) is 0 Å². The molecule has 2 saturated carbocycles. The Bertz CT molecular complexity index is 1310. The van der Waals surface area contributed by atoms with Crippen molar-refractivity contribution in [3.8, 4) is 0 Å². The maximum atomic E-state index is 13.8. The van der Waals surface area contributed by atoms with Gasteiger partial charge in [0.2, 0.25) is 10.0 Å². The Labute approximate surface area is 216 Å². The fraction of sp³-hybridized carbons (Fsp3) is 0.464. The number of allylic oxidation sites excluding steroid dienone is 1. The van der Waals surface area contributed by atoms with Crippen LogP contribution in [-0.4, -0.2) is 26.9 Å². The zero-order valence-corrected chi connectivity index (χ0v) is 22.2. The van der Waals surface area contributed by atoms with Gasteiger partial charge in [-0.05, 0) is 105 Å². The number of fused-ring (bicyclic) bond motifs is 2. The number of nitrogens with zero attached hydrogens (tertiary/aromatic N) is 1. The van der Waals surface area contributed by atoms with Crippen molar-refractivity contribution in [1.82, 2.24) is 4.72 Å². The van der Waals surface area contributed by atoms with E-state index in [1.807, 2.05) is 29.2 Å². The number of benzene rings is 2. The molecule has 7 heteroatoms. The Balaban J connectivity index is 1.29. The molecule has 0 aromatic heterocycles. The van der Waals surface area contributed by atoms with Crippen LogP contribution in [-0.2, 0) is 15.4 Å². The number of carbonyl (C=O) groups excluding carboxylic acids is 1. The first-order chi connectivity index (χ1) is 16.8. The molecule has 1 atom stereocenters. The number of rotatable bonds is 4. The summed E-state index contributed by atoms with van der Waals surface area (Å²) < 4.78 is 30.0. The fourth-order valence-electron chi connectivity index (χ4n) is 6.32. The average Bonchev–Trinajstić information content (AvgIpc) is 3.56. The highest BCUT2D eigenvalue weighted by Crippen LogP contribution is 2.62. The summed E-state index contributed by atoms with van der Waals surface area (Å²) in [5, 5.41) is 0.